The summed E-state index contributed by atoms with van der Waals surface area (Å²) in [7, 11) is 0. The van der Waals surface area contributed by atoms with Crippen LogP contribution in [0.25, 0.3) is 11.3 Å². The molecular weight excluding hydrogens is 612 g/mol. The van der Waals surface area contributed by atoms with E-state index in [1.54, 1.807) is 51.2 Å². The fourth-order valence-corrected chi connectivity index (χ4v) is 4.46. The number of aromatic nitrogens is 4. The minimum Gasteiger partial charge on any atom is -0.478 e. The standard InChI is InChI=1S/C27H32F4N6O.C4H4O4/c1-26(2,3)24-33-22(27(29,30)31)18-23(34-24)36-16-14-35(15-17-36)11-6-7-12-37-13-10-21(32-25(37)38)19-8-4-5-9-20(19)28;5-3(6)1-2-4(7)8/h4-5,8-10,13,18H,6-7,11-12,14-17H2,1-3H3;1-2H,(H,5,6)(H,7,8). The molecule has 0 bridgehead atoms. The summed E-state index contributed by atoms with van der Waals surface area (Å²) in [5.41, 5.74) is -1.34. The monoisotopic (exact) mass is 648 g/mol. The number of piperazine rings is 1. The molecule has 0 radical (unpaired) electrons. The molecule has 3 aromatic rings. The van der Waals surface area contributed by atoms with Gasteiger partial charge < -0.3 is 15.1 Å². The van der Waals surface area contributed by atoms with Gasteiger partial charge in [-0.3, -0.25) is 9.47 Å². The highest BCUT2D eigenvalue weighted by Crippen LogP contribution is 2.32. The average Bonchev–Trinajstić information content (AvgIpc) is 2.99. The zero-order valence-corrected chi connectivity index (χ0v) is 25.7. The molecule has 248 valence electrons. The van der Waals surface area contributed by atoms with Crippen LogP contribution in [0.4, 0.5) is 23.4 Å². The summed E-state index contributed by atoms with van der Waals surface area (Å²) in [6, 6.07) is 8.88. The second kappa shape index (κ2) is 15.6. The van der Waals surface area contributed by atoms with Crippen LogP contribution >= 0.6 is 0 Å². The third kappa shape index (κ3) is 10.8. The number of nitrogens with zero attached hydrogens (tertiary/aromatic N) is 6. The van der Waals surface area contributed by atoms with Crippen molar-refractivity contribution in [3.63, 3.8) is 0 Å². The zero-order chi connectivity index (χ0) is 34.1. The fraction of sp³-hybridized carbons (Fsp3) is 0.419. The molecule has 15 heteroatoms. The number of aliphatic carboxylic acids is 2. The highest BCUT2D eigenvalue weighted by Gasteiger charge is 2.36. The molecule has 1 fully saturated rings. The molecule has 1 aromatic carbocycles. The van der Waals surface area contributed by atoms with Crippen molar-refractivity contribution < 1.29 is 37.4 Å². The maximum atomic E-state index is 14.0. The molecule has 0 atom stereocenters. The molecule has 2 aromatic heterocycles. The van der Waals surface area contributed by atoms with Gasteiger partial charge in [0.25, 0.3) is 0 Å². The molecule has 1 aliphatic rings. The number of benzene rings is 1. The number of hydrogen-bond acceptors (Lipinski definition) is 8. The number of rotatable bonds is 9. The Morgan fingerprint density at radius 3 is 2.04 bits per heavy atom. The highest BCUT2D eigenvalue weighted by molar-refractivity contribution is 5.89. The molecule has 1 aliphatic heterocycles. The maximum absolute atomic E-state index is 14.0. The van der Waals surface area contributed by atoms with Gasteiger partial charge in [0.2, 0.25) is 0 Å². The molecule has 0 unspecified atom stereocenters. The largest absolute Gasteiger partial charge is 0.478 e. The van der Waals surface area contributed by atoms with E-state index >= 15 is 0 Å². The van der Waals surface area contributed by atoms with Crippen LogP contribution in [-0.2, 0) is 27.7 Å². The lowest BCUT2D eigenvalue weighted by Crippen LogP contribution is -2.47. The number of alkyl halides is 3. The average molecular weight is 649 g/mol. The van der Waals surface area contributed by atoms with E-state index in [1.807, 2.05) is 4.90 Å². The van der Waals surface area contributed by atoms with Crippen LogP contribution in [0.2, 0.25) is 0 Å². The van der Waals surface area contributed by atoms with Crippen LogP contribution in [0.5, 0.6) is 0 Å². The molecule has 3 heterocycles. The Hall–Kier alpha value is -4.66. The molecule has 2 N–H and O–H groups in total. The van der Waals surface area contributed by atoms with Crippen LogP contribution in [-0.4, -0.2) is 79.3 Å². The number of carboxylic acids is 2. The van der Waals surface area contributed by atoms with Gasteiger partial charge in [-0.25, -0.2) is 28.7 Å². The van der Waals surface area contributed by atoms with Gasteiger partial charge in [-0.1, -0.05) is 32.9 Å². The van der Waals surface area contributed by atoms with Gasteiger partial charge in [0, 0.05) is 68.1 Å². The van der Waals surface area contributed by atoms with Crippen LogP contribution in [0.1, 0.15) is 45.1 Å². The van der Waals surface area contributed by atoms with Crippen molar-refractivity contribution in [2.45, 2.75) is 51.7 Å². The Labute approximate surface area is 262 Å². The van der Waals surface area contributed by atoms with Crippen LogP contribution < -0.4 is 10.6 Å². The van der Waals surface area contributed by atoms with Gasteiger partial charge >= 0.3 is 23.8 Å². The molecule has 0 aliphatic carbocycles. The molecule has 0 spiro atoms. The van der Waals surface area contributed by atoms with E-state index in [0.717, 1.165) is 25.5 Å². The van der Waals surface area contributed by atoms with Crippen molar-refractivity contribution in [1.82, 2.24) is 24.4 Å². The Balaban J connectivity index is 0.000000637. The lowest BCUT2D eigenvalue weighted by Gasteiger charge is -2.36. The topological polar surface area (TPSA) is 142 Å². The Kier molecular flexibility index (Phi) is 12.1. The summed E-state index contributed by atoms with van der Waals surface area (Å²) in [5, 5.41) is 15.6. The first-order valence-corrected chi connectivity index (χ1v) is 14.4. The van der Waals surface area contributed by atoms with Crippen molar-refractivity contribution in [1.29, 1.82) is 0 Å². The second-order valence-corrected chi connectivity index (χ2v) is 11.5. The van der Waals surface area contributed by atoms with Gasteiger partial charge in [-0.05, 0) is 37.6 Å². The Bertz CT molecular complexity index is 1550. The van der Waals surface area contributed by atoms with E-state index < -0.39 is 40.7 Å². The van der Waals surface area contributed by atoms with E-state index in [9.17, 15) is 31.9 Å². The SMILES string of the molecule is CC(C)(C)c1nc(N2CCN(CCCCn3ccc(-c4ccccc4F)nc3=O)CC2)cc(C(F)(F)F)n1.O=C(O)C=CC(=O)O. The third-order valence-corrected chi connectivity index (χ3v) is 6.89. The number of carbonyl (C=O) groups is 2. The summed E-state index contributed by atoms with van der Waals surface area (Å²) < 4.78 is 55.8. The lowest BCUT2D eigenvalue weighted by atomic mass is 9.95. The second-order valence-electron chi connectivity index (χ2n) is 11.5. The normalized spacial score (nSPS) is 14.2. The van der Waals surface area contributed by atoms with Crippen molar-refractivity contribution in [2.75, 3.05) is 37.6 Å². The van der Waals surface area contributed by atoms with Gasteiger partial charge in [0.15, 0.2) is 0 Å². The fourth-order valence-electron chi connectivity index (χ4n) is 4.46. The Morgan fingerprint density at radius 1 is 0.891 bits per heavy atom. The number of hydrogen-bond donors (Lipinski definition) is 2. The van der Waals surface area contributed by atoms with E-state index in [4.69, 9.17) is 10.2 Å². The van der Waals surface area contributed by atoms with Gasteiger partial charge in [0.1, 0.15) is 23.2 Å². The number of carboxylic acid groups (broad SMARTS) is 2. The summed E-state index contributed by atoms with van der Waals surface area (Å²) in [4.78, 5) is 47.9. The number of aryl methyl sites for hydroxylation is 1. The van der Waals surface area contributed by atoms with E-state index in [2.05, 4.69) is 19.9 Å². The van der Waals surface area contributed by atoms with Gasteiger partial charge in [-0.15, -0.1) is 0 Å². The molecule has 1 saturated heterocycles. The van der Waals surface area contributed by atoms with Crippen LogP contribution in [0.15, 0.2) is 59.5 Å². The molecule has 4 rings (SSSR count). The lowest BCUT2D eigenvalue weighted by molar-refractivity contribution is -0.141. The third-order valence-electron chi connectivity index (χ3n) is 6.89. The van der Waals surface area contributed by atoms with E-state index in [0.29, 0.717) is 62.0 Å². The summed E-state index contributed by atoms with van der Waals surface area (Å²) in [6.07, 6.45) is -0.170. The van der Waals surface area contributed by atoms with Crippen LogP contribution in [0, 0.1) is 5.82 Å². The Morgan fingerprint density at radius 2 is 1.50 bits per heavy atom. The number of halogens is 4. The smallest absolute Gasteiger partial charge is 0.433 e. The minimum absolute atomic E-state index is 0.177. The highest BCUT2D eigenvalue weighted by atomic mass is 19.4. The number of unbranched alkanes of at least 4 members (excludes halogenated alkanes) is 1. The number of anilines is 1. The summed E-state index contributed by atoms with van der Waals surface area (Å²) >= 11 is 0. The van der Waals surface area contributed by atoms with Crippen LogP contribution in [0.3, 0.4) is 0 Å². The van der Waals surface area contributed by atoms with Gasteiger partial charge in [-0.2, -0.15) is 18.2 Å². The first-order valence-electron chi connectivity index (χ1n) is 14.4. The molecule has 46 heavy (non-hydrogen) atoms. The van der Waals surface area contributed by atoms with E-state index in [1.165, 1.54) is 10.6 Å². The predicted molar refractivity (Wildman–Crippen MR) is 162 cm³/mol. The van der Waals surface area contributed by atoms with Crippen molar-refractivity contribution in [2.24, 2.45) is 0 Å². The molecule has 0 amide bonds. The molecule has 11 nitrogen and oxygen atoms in total. The molecular formula is C31H36F4N6O5. The summed E-state index contributed by atoms with van der Waals surface area (Å²) in [6.45, 7) is 9.25. The van der Waals surface area contributed by atoms with Crippen molar-refractivity contribution >= 4 is 17.8 Å². The summed E-state index contributed by atoms with van der Waals surface area (Å²) in [5.74, 6) is -2.45. The predicted octanol–water partition coefficient (Wildman–Crippen LogP) is 4.47. The molecule has 0 saturated carbocycles. The first-order chi connectivity index (χ1) is 21.5. The maximum Gasteiger partial charge on any atom is 0.433 e. The minimum atomic E-state index is -4.53. The zero-order valence-electron chi connectivity index (χ0n) is 25.7. The van der Waals surface area contributed by atoms with Gasteiger partial charge in [0.05, 0.1) is 5.69 Å². The van der Waals surface area contributed by atoms with Crippen molar-refractivity contribution in [3.05, 3.63) is 82.6 Å². The van der Waals surface area contributed by atoms with E-state index in [-0.39, 0.29) is 5.82 Å². The first kappa shape index (κ1) is 35.8. The van der Waals surface area contributed by atoms with Crippen molar-refractivity contribution in [3.8, 4) is 11.3 Å². The quantitative estimate of drug-likeness (QED) is 0.194.